The second kappa shape index (κ2) is 7.24. The zero-order valence-corrected chi connectivity index (χ0v) is 17.6. The van der Waals surface area contributed by atoms with Gasteiger partial charge in [-0.1, -0.05) is 23.7 Å². The minimum Gasteiger partial charge on any atom is -0.256 e. The topological polar surface area (TPSA) is 72.8 Å². The molecule has 0 aliphatic rings. The van der Waals surface area contributed by atoms with Crippen molar-refractivity contribution < 1.29 is 8.42 Å². The van der Waals surface area contributed by atoms with Crippen molar-refractivity contribution in [3.05, 3.63) is 70.1 Å². The van der Waals surface area contributed by atoms with E-state index in [0.717, 1.165) is 39.1 Å². The summed E-state index contributed by atoms with van der Waals surface area (Å²) >= 11 is 7.18. The summed E-state index contributed by atoms with van der Waals surface area (Å²) in [5.41, 5.74) is 2.78. The Kier molecular flexibility index (Phi) is 4.91. The average Bonchev–Trinajstić information content (AvgIpc) is 3.05. The predicted molar refractivity (Wildman–Crippen MR) is 112 cm³/mol. The molecule has 4 rings (SSSR count). The van der Waals surface area contributed by atoms with Gasteiger partial charge in [0.2, 0.25) is 0 Å². The Labute approximate surface area is 172 Å². The zero-order valence-electron chi connectivity index (χ0n) is 15.2. The van der Waals surface area contributed by atoms with Gasteiger partial charge in [0, 0.05) is 22.2 Å². The third-order valence-corrected chi connectivity index (χ3v) is 7.27. The first kappa shape index (κ1) is 19.0. The molecule has 0 fully saturated rings. The molecule has 0 saturated carbocycles. The lowest BCUT2D eigenvalue weighted by atomic mass is 10.0. The maximum absolute atomic E-state index is 12.8. The highest BCUT2D eigenvalue weighted by molar-refractivity contribution is 7.90. The molecule has 5 nitrogen and oxygen atoms in total. The highest BCUT2D eigenvalue weighted by Crippen LogP contribution is 2.32. The first-order valence-electron chi connectivity index (χ1n) is 8.51. The van der Waals surface area contributed by atoms with E-state index >= 15 is 0 Å². The van der Waals surface area contributed by atoms with Gasteiger partial charge in [-0.05, 0) is 66.7 Å². The third kappa shape index (κ3) is 3.65. The SMILES string of the molecule is Cc1nsc(CS(=O)(=O)c2ccc3c(-c4ccc(Cl)cc4C)nccc3c2)n1. The summed E-state index contributed by atoms with van der Waals surface area (Å²) in [4.78, 5) is 8.94. The van der Waals surface area contributed by atoms with Crippen LogP contribution in [0.4, 0.5) is 0 Å². The van der Waals surface area contributed by atoms with Crippen molar-refractivity contribution in [1.82, 2.24) is 14.3 Å². The standard InChI is InChI=1S/C20H16ClN3O2S2/c1-12-9-15(21)3-5-17(12)20-18-6-4-16(10-14(18)7-8-22-20)28(25,26)11-19-23-13(2)24-27-19/h3-10H,11H2,1-2H3. The molecule has 0 aliphatic heterocycles. The maximum atomic E-state index is 12.8. The van der Waals surface area contributed by atoms with Crippen molar-refractivity contribution in [1.29, 1.82) is 0 Å². The molecule has 0 spiro atoms. The summed E-state index contributed by atoms with van der Waals surface area (Å²) in [6.07, 6.45) is 1.69. The Hall–Kier alpha value is -2.35. The number of hydrogen-bond donors (Lipinski definition) is 0. The molecule has 142 valence electrons. The van der Waals surface area contributed by atoms with Gasteiger partial charge in [0.15, 0.2) is 9.84 Å². The van der Waals surface area contributed by atoms with Crippen LogP contribution in [-0.2, 0) is 15.6 Å². The van der Waals surface area contributed by atoms with Gasteiger partial charge in [-0.3, -0.25) is 4.98 Å². The smallest absolute Gasteiger partial charge is 0.184 e. The number of hydrogen-bond acceptors (Lipinski definition) is 6. The maximum Gasteiger partial charge on any atom is 0.184 e. The minimum absolute atomic E-state index is 0.155. The fraction of sp³-hybridized carbons (Fsp3) is 0.150. The molecule has 0 aliphatic carbocycles. The van der Waals surface area contributed by atoms with E-state index in [1.54, 1.807) is 25.3 Å². The van der Waals surface area contributed by atoms with E-state index in [1.807, 2.05) is 37.3 Å². The molecule has 0 radical (unpaired) electrons. The monoisotopic (exact) mass is 429 g/mol. The molecule has 28 heavy (non-hydrogen) atoms. The first-order chi connectivity index (χ1) is 13.3. The van der Waals surface area contributed by atoms with Crippen LogP contribution >= 0.6 is 23.1 Å². The molecule has 0 atom stereocenters. The van der Waals surface area contributed by atoms with Crippen molar-refractivity contribution in [3.8, 4) is 11.3 Å². The molecular weight excluding hydrogens is 414 g/mol. The van der Waals surface area contributed by atoms with Crippen molar-refractivity contribution in [2.24, 2.45) is 0 Å². The molecule has 0 saturated heterocycles. The van der Waals surface area contributed by atoms with Gasteiger partial charge < -0.3 is 0 Å². The molecule has 2 aromatic heterocycles. The summed E-state index contributed by atoms with van der Waals surface area (Å²) < 4.78 is 29.7. The molecule has 8 heteroatoms. The number of benzene rings is 2. The number of pyridine rings is 1. The van der Waals surface area contributed by atoms with Gasteiger partial charge in [0.05, 0.1) is 10.6 Å². The van der Waals surface area contributed by atoms with Crippen molar-refractivity contribution in [3.63, 3.8) is 0 Å². The first-order valence-corrected chi connectivity index (χ1v) is 11.3. The second-order valence-corrected chi connectivity index (χ2v) is 9.76. The van der Waals surface area contributed by atoms with Crippen LogP contribution in [0, 0.1) is 13.8 Å². The number of halogens is 1. The van der Waals surface area contributed by atoms with Gasteiger partial charge in [-0.15, -0.1) is 0 Å². The molecule has 0 bridgehead atoms. The molecule has 0 unspecified atom stereocenters. The summed E-state index contributed by atoms with van der Waals surface area (Å²) in [6.45, 7) is 3.72. The largest absolute Gasteiger partial charge is 0.256 e. The number of fused-ring (bicyclic) bond motifs is 1. The number of rotatable bonds is 4. The Morgan fingerprint density at radius 2 is 1.89 bits per heavy atom. The van der Waals surface area contributed by atoms with E-state index in [9.17, 15) is 8.42 Å². The molecule has 2 aromatic carbocycles. The van der Waals surface area contributed by atoms with Gasteiger partial charge >= 0.3 is 0 Å². The molecule has 4 aromatic rings. The van der Waals surface area contributed by atoms with Crippen LogP contribution in [0.5, 0.6) is 0 Å². The van der Waals surface area contributed by atoms with Gasteiger partial charge in [0.1, 0.15) is 16.6 Å². The van der Waals surface area contributed by atoms with Crippen molar-refractivity contribution in [2.45, 2.75) is 24.5 Å². The Morgan fingerprint density at radius 1 is 1.07 bits per heavy atom. The van der Waals surface area contributed by atoms with Crippen LogP contribution in [0.2, 0.25) is 5.02 Å². The number of aryl methyl sites for hydroxylation is 2. The van der Waals surface area contributed by atoms with Gasteiger partial charge in [0.25, 0.3) is 0 Å². The van der Waals surface area contributed by atoms with Gasteiger partial charge in [-0.2, -0.15) is 4.37 Å². The summed E-state index contributed by atoms with van der Waals surface area (Å²) in [7, 11) is -3.51. The van der Waals surface area contributed by atoms with Crippen LogP contribution in [0.25, 0.3) is 22.0 Å². The Morgan fingerprint density at radius 3 is 2.61 bits per heavy atom. The van der Waals surface area contributed by atoms with E-state index in [1.165, 1.54) is 0 Å². The zero-order chi connectivity index (χ0) is 19.9. The molecule has 2 heterocycles. The number of aromatic nitrogens is 3. The lowest BCUT2D eigenvalue weighted by Crippen LogP contribution is -2.05. The molecule has 0 N–H and O–H groups in total. The van der Waals surface area contributed by atoms with E-state index in [4.69, 9.17) is 11.6 Å². The predicted octanol–water partition coefficient (Wildman–Crippen LogP) is 5.00. The van der Waals surface area contributed by atoms with Crippen molar-refractivity contribution in [2.75, 3.05) is 0 Å². The van der Waals surface area contributed by atoms with Crippen LogP contribution in [0.1, 0.15) is 16.4 Å². The van der Waals surface area contributed by atoms with E-state index in [2.05, 4.69) is 14.3 Å². The van der Waals surface area contributed by atoms with E-state index in [0.29, 0.717) is 15.9 Å². The van der Waals surface area contributed by atoms with E-state index < -0.39 is 9.84 Å². The highest BCUT2D eigenvalue weighted by Gasteiger charge is 2.19. The Balaban J connectivity index is 1.78. The third-order valence-electron chi connectivity index (χ3n) is 4.42. The quantitative estimate of drug-likeness (QED) is 0.456. The second-order valence-electron chi connectivity index (χ2n) is 6.50. The Bertz CT molecular complexity index is 1300. The van der Waals surface area contributed by atoms with Crippen LogP contribution in [0.3, 0.4) is 0 Å². The normalized spacial score (nSPS) is 11.8. The summed E-state index contributed by atoms with van der Waals surface area (Å²) in [5.74, 6) is 0.431. The number of sulfone groups is 1. The highest BCUT2D eigenvalue weighted by atomic mass is 35.5. The lowest BCUT2D eigenvalue weighted by Gasteiger charge is -2.10. The molecular formula is C20H16ClN3O2S2. The summed E-state index contributed by atoms with van der Waals surface area (Å²) in [6, 6.07) is 12.6. The average molecular weight is 430 g/mol. The van der Waals surface area contributed by atoms with Gasteiger partial charge in [-0.25, -0.2) is 13.4 Å². The van der Waals surface area contributed by atoms with Crippen LogP contribution in [0.15, 0.2) is 53.6 Å². The summed E-state index contributed by atoms with van der Waals surface area (Å²) in [5, 5.41) is 2.86. The number of nitrogens with zero attached hydrogens (tertiary/aromatic N) is 3. The van der Waals surface area contributed by atoms with Crippen LogP contribution < -0.4 is 0 Å². The lowest BCUT2D eigenvalue weighted by molar-refractivity contribution is 0.595. The van der Waals surface area contributed by atoms with Crippen LogP contribution in [-0.4, -0.2) is 22.8 Å². The fourth-order valence-electron chi connectivity index (χ4n) is 3.10. The molecule has 0 amide bonds. The van der Waals surface area contributed by atoms with E-state index in [-0.39, 0.29) is 10.6 Å². The fourth-order valence-corrected chi connectivity index (χ4v) is 5.59. The minimum atomic E-state index is -3.51. The van der Waals surface area contributed by atoms with Crippen molar-refractivity contribution >= 4 is 43.7 Å².